The van der Waals surface area contributed by atoms with Crippen molar-refractivity contribution < 1.29 is 4.39 Å². The van der Waals surface area contributed by atoms with Crippen LogP contribution in [0.5, 0.6) is 0 Å². The van der Waals surface area contributed by atoms with Crippen LogP contribution in [0, 0.1) is 26.6 Å². The van der Waals surface area contributed by atoms with Crippen molar-refractivity contribution in [3.8, 4) is 17.1 Å². The highest BCUT2D eigenvalue weighted by molar-refractivity contribution is 5.95. The minimum Gasteiger partial charge on any atom is -0.298 e. The fourth-order valence-electron chi connectivity index (χ4n) is 3.70. The van der Waals surface area contributed by atoms with Gasteiger partial charge in [-0.2, -0.15) is 0 Å². The van der Waals surface area contributed by atoms with Gasteiger partial charge in [0.2, 0.25) is 0 Å². The standard InChI is InChI=1S/C22H18FN5/c1-13-6-4-5-7-18(13)20-25-22-19-14(2)15(3)28(17-10-8-16(23)9-11-17)21(19)24-12-27(22)26-20/h4-12H,1-3H3. The van der Waals surface area contributed by atoms with Gasteiger partial charge in [-0.1, -0.05) is 24.3 Å². The number of aryl methyl sites for hydroxylation is 2. The van der Waals surface area contributed by atoms with E-state index in [0.717, 1.165) is 44.8 Å². The zero-order valence-electron chi connectivity index (χ0n) is 15.8. The lowest BCUT2D eigenvalue weighted by Gasteiger charge is -2.07. The van der Waals surface area contributed by atoms with E-state index < -0.39 is 0 Å². The van der Waals surface area contributed by atoms with Crippen LogP contribution in [0.3, 0.4) is 0 Å². The van der Waals surface area contributed by atoms with E-state index in [-0.39, 0.29) is 5.82 Å². The molecule has 2 aromatic carbocycles. The summed E-state index contributed by atoms with van der Waals surface area (Å²) >= 11 is 0. The molecule has 6 heteroatoms. The molecule has 0 saturated heterocycles. The third-order valence-corrected chi connectivity index (χ3v) is 5.30. The third kappa shape index (κ3) is 2.34. The van der Waals surface area contributed by atoms with E-state index in [1.807, 2.05) is 29.7 Å². The first-order valence-electron chi connectivity index (χ1n) is 9.09. The molecular weight excluding hydrogens is 353 g/mol. The number of rotatable bonds is 2. The van der Waals surface area contributed by atoms with Crippen LogP contribution in [-0.2, 0) is 0 Å². The number of aromatic nitrogens is 5. The molecule has 0 unspecified atom stereocenters. The average Bonchev–Trinajstić information content (AvgIpc) is 3.23. The lowest BCUT2D eigenvalue weighted by Crippen LogP contribution is -1.99. The van der Waals surface area contributed by atoms with Crippen LogP contribution in [-0.4, -0.2) is 24.1 Å². The van der Waals surface area contributed by atoms with E-state index >= 15 is 0 Å². The maximum absolute atomic E-state index is 13.4. The second-order valence-electron chi connectivity index (χ2n) is 6.98. The Bertz CT molecular complexity index is 1350. The normalized spacial score (nSPS) is 11.6. The monoisotopic (exact) mass is 371 g/mol. The molecule has 0 aliphatic heterocycles. The van der Waals surface area contributed by atoms with Gasteiger partial charge >= 0.3 is 0 Å². The van der Waals surface area contributed by atoms with E-state index in [9.17, 15) is 4.39 Å². The van der Waals surface area contributed by atoms with E-state index in [0.29, 0.717) is 5.82 Å². The fraction of sp³-hybridized carbons (Fsp3) is 0.136. The summed E-state index contributed by atoms with van der Waals surface area (Å²) in [4.78, 5) is 9.48. The van der Waals surface area contributed by atoms with Crippen LogP contribution >= 0.6 is 0 Å². The number of nitrogens with zero attached hydrogens (tertiary/aromatic N) is 5. The molecule has 0 N–H and O–H groups in total. The third-order valence-electron chi connectivity index (χ3n) is 5.30. The Hall–Kier alpha value is -3.54. The minimum absolute atomic E-state index is 0.259. The molecule has 0 amide bonds. The Morgan fingerprint density at radius 1 is 0.893 bits per heavy atom. The quantitative estimate of drug-likeness (QED) is 0.448. The molecule has 0 atom stereocenters. The van der Waals surface area contributed by atoms with Crippen molar-refractivity contribution in [2.24, 2.45) is 0 Å². The summed E-state index contributed by atoms with van der Waals surface area (Å²) in [5.41, 5.74) is 6.69. The molecule has 28 heavy (non-hydrogen) atoms. The molecule has 0 aliphatic carbocycles. The smallest absolute Gasteiger partial charge is 0.182 e. The Labute approximate surface area is 161 Å². The van der Waals surface area contributed by atoms with Gasteiger partial charge in [0.1, 0.15) is 12.1 Å². The summed E-state index contributed by atoms with van der Waals surface area (Å²) in [6.45, 7) is 6.15. The highest BCUT2D eigenvalue weighted by atomic mass is 19.1. The van der Waals surface area contributed by atoms with E-state index in [2.05, 4.69) is 30.0 Å². The van der Waals surface area contributed by atoms with Crippen molar-refractivity contribution in [1.29, 1.82) is 0 Å². The minimum atomic E-state index is -0.259. The number of hydrogen-bond donors (Lipinski definition) is 0. The van der Waals surface area contributed by atoms with Crippen LogP contribution in [0.25, 0.3) is 33.8 Å². The molecule has 0 fully saturated rings. The average molecular weight is 371 g/mol. The predicted octanol–water partition coefficient (Wildman–Crippen LogP) is 4.80. The van der Waals surface area contributed by atoms with Gasteiger partial charge in [0, 0.05) is 16.9 Å². The molecular formula is C22H18FN5. The molecule has 5 aromatic rings. The first kappa shape index (κ1) is 16.6. The summed E-state index contributed by atoms with van der Waals surface area (Å²) < 4.78 is 17.1. The molecule has 5 rings (SSSR count). The summed E-state index contributed by atoms with van der Waals surface area (Å²) in [5, 5.41) is 5.60. The first-order valence-corrected chi connectivity index (χ1v) is 9.09. The Morgan fingerprint density at radius 3 is 2.39 bits per heavy atom. The maximum atomic E-state index is 13.4. The molecule has 3 heterocycles. The van der Waals surface area contributed by atoms with Crippen LogP contribution < -0.4 is 0 Å². The van der Waals surface area contributed by atoms with E-state index in [4.69, 9.17) is 4.98 Å². The topological polar surface area (TPSA) is 48.0 Å². The van der Waals surface area contributed by atoms with Gasteiger partial charge < -0.3 is 0 Å². The summed E-state index contributed by atoms with van der Waals surface area (Å²) in [7, 11) is 0. The molecule has 0 radical (unpaired) electrons. The lowest BCUT2D eigenvalue weighted by molar-refractivity contribution is 0.627. The first-order chi connectivity index (χ1) is 13.5. The van der Waals surface area contributed by atoms with Gasteiger partial charge in [0.25, 0.3) is 0 Å². The molecule has 0 spiro atoms. The van der Waals surface area contributed by atoms with Gasteiger partial charge in [-0.25, -0.2) is 18.9 Å². The predicted molar refractivity (Wildman–Crippen MR) is 107 cm³/mol. The highest BCUT2D eigenvalue weighted by Gasteiger charge is 2.19. The molecule has 0 bridgehead atoms. The number of fused-ring (bicyclic) bond motifs is 3. The summed E-state index contributed by atoms with van der Waals surface area (Å²) in [6.07, 6.45) is 1.69. The second kappa shape index (κ2) is 5.99. The van der Waals surface area contributed by atoms with E-state index in [1.165, 1.54) is 12.1 Å². The van der Waals surface area contributed by atoms with Gasteiger partial charge in [-0.3, -0.25) is 4.57 Å². The molecule has 0 saturated carbocycles. The zero-order valence-corrected chi connectivity index (χ0v) is 15.8. The summed E-state index contributed by atoms with van der Waals surface area (Å²) in [6, 6.07) is 14.5. The second-order valence-corrected chi connectivity index (χ2v) is 6.98. The highest BCUT2D eigenvalue weighted by Crippen LogP contribution is 2.31. The van der Waals surface area contributed by atoms with Crippen molar-refractivity contribution in [3.05, 3.63) is 77.5 Å². The van der Waals surface area contributed by atoms with Crippen molar-refractivity contribution >= 4 is 16.7 Å². The largest absolute Gasteiger partial charge is 0.298 e. The lowest BCUT2D eigenvalue weighted by atomic mass is 10.1. The SMILES string of the molecule is Cc1ccccc1-c1nc2c3c(C)c(C)n(-c4ccc(F)cc4)c3ncn2n1. The Morgan fingerprint density at radius 2 is 1.64 bits per heavy atom. The van der Waals surface area contributed by atoms with Gasteiger partial charge in [0.05, 0.1) is 5.39 Å². The van der Waals surface area contributed by atoms with Gasteiger partial charge in [-0.05, 0) is 56.2 Å². The summed E-state index contributed by atoms with van der Waals surface area (Å²) in [5.74, 6) is 0.421. The number of hydrogen-bond acceptors (Lipinski definition) is 3. The van der Waals surface area contributed by atoms with E-state index in [1.54, 1.807) is 23.0 Å². The Balaban J connectivity index is 1.80. The molecule has 138 valence electrons. The maximum Gasteiger partial charge on any atom is 0.182 e. The number of halogens is 1. The molecule has 5 nitrogen and oxygen atoms in total. The van der Waals surface area contributed by atoms with Crippen LogP contribution in [0.1, 0.15) is 16.8 Å². The zero-order chi connectivity index (χ0) is 19.4. The van der Waals surface area contributed by atoms with Crippen LogP contribution in [0.15, 0.2) is 54.9 Å². The van der Waals surface area contributed by atoms with Crippen LogP contribution in [0.4, 0.5) is 4.39 Å². The molecule has 0 aliphatic rings. The Kier molecular flexibility index (Phi) is 3.55. The molecule has 3 aromatic heterocycles. The van der Waals surface area contributed by atoms with Crippen molar-refractivity contribution in [1.82, 2.24) is 24.1 Å². The fourth-order valence-corrected chi connectivity index (χ4v) is 3.70. The van der Waals surface area contributed by atoms with Gasteiger partial charge in [-0.15, -0.1) is 5.10 Å². The van der Waals surface area contributed by atoms with Crippen molar-refractivity contribution in [2.75, 3.05) is 0 Å². The van der Waals surface area contributed by atoms with Crippen molar-refractivity contribution in [2.45, 2.75) is 20.8 Å². The van der Waals surface area contributed by atoms with Crippen molar-refractivity contribution in [3.63, 3.8) is 0 Å². The van der Waals surface area contributed by atoms with Crippen LogP contribution in [0.2, 0.25) is 0 Å². The number of benzene rings is 2. The van der Waals surface area contributed by atoms with Gasteiger partial charge in [0.15, 0.2) is 17.1 Å².